The second-order valence-electron chi connectivity index (χ2n) is 12.8. The lowest BCUT2D eigenvalue weighted by atomic mass is 9.97. The standard InChI is InChI=1S/C38H49N3O7/c42-25-27-13-15-29(16-14-27)35-22-33(24-41-21-7-9-32(41)26-43)47-38(48-35)30-19-17-28(18-20-30)34-10-6-5-8-31(34)23-39-36(44)11-3-1-2-4-12-37(45)40-46/h5-6,8,10,13-20,32-33,35,38,42-43,46H,1-4,7,9,11-12,21-26H2,(H,39,44)(H,40,45)/t32-,33+,35-,38-/m0/s1. The van der Waals surface area contributed by atoms with E-state index in [4.69, 9.17) is 14.7 Å². The zero-order valence-corrected chi connectivity index (χ0v) is 27.6. The summed E-state index contributed by atoms with van der Waals surface area (Å²) < 4.78 is 13.1. The molecular weight excluding hydrogens is 610 g/mol. The molecule has 2 aliphatic rings. The third-order valence-corrected chi connectivity index (χ3v) is 9.43. The van der Waals surface area contributed by atoms with Gasteiger partial charge in [0.05, 0.1) is 25.4 Å². The lowest BCUT2D eigenvalue weighted by Gasteiger charge is -2.38. The van der Waals surface area contributed by atoms with Gasteiger partial charge in [-0.3, -0.25) is 19.7 Å². The fraction of sp³-hybridized carbons (Fsp3) is 0.474. The molecule has 5 N–H and O–H groups in total. The second kappa shape index (κ2) is 18.2. The molecule has 0 aliphatic carbocycles. The average molecular weight is 660 g/mol. The largest absolute Gasteiger partial charge is 0.395 e. The lowest BCUT2D eigenvalue weighted by molar-refractivity contribution is -0.253. The molecule has 0 aromatic heterocycles. The van der Waals surface area contributed by atoms with Crippen LogP contribution in [0.1, 0.15) is 92.4 Å². The second-order valence-corrected chi connectivity index (χ2v) is 12.8. The van der Waals surface area contributed by atoms with Crippen LogP contribution >= 0.6 is 0 Å². The summed E-state index contributed by atoms with van der Waals surface area (Å²) in [5.74, 6) is -0.389. The Morgan fingerprint density at radius 2 is 1.54 bits per heavy atom. The maximum atomic E-state index is 12.5. The summed E-state index contributed by atoms with van der Waals surface area (Å²) in [6, 6.07) is 24.3. The molecule has 0 spiro atoms. The minimum Gasteiger partial charge on any atom is -0.395 e. The Hall–Kier alpha value is -3.64. The summed E-state index contributed by atoms with van der Waals surface area (Å²) in [5, 5.41) is 31.0. The van der Waals surface area contributed by atoms with Gasteiger partial charge < -0.3 is 25.0 Å². The first-order chi connectivity index (χ1) is 23.5. The van der Waals surface area contributed by atoms with Gasteiger partial charge in [0.1, 0.15) is 0 Å². The number of nitrogens with zero attached hydrogens (tertiary/aromatic N) is 1. The van der Waals surface area contributed by atoms with Crippen LogP contribution in [0, 0.1) is 0 Å². The van der Waals surface area contributed by atoms with Crippen molar-refractivity contribution >= 4 is 11.8 Å². The van der Waals surface area contributed by atoms with E-state index in [0.717, 1.165) is 78.6 Å². The average Bonchev–Trinajstić information content (AvgIpc) is 3.59. The predicted octanol–water partition coefficient (Wildman–Crippen LogP) is 5.31. The number of aliphatic hydroxyl groups is 2. The number of likely N-dealkylation sites (tertiary alicyclic amines) is 1. The van der Waals surface area contributed by atoms with E-state index in [0.29, 0.717) is 25.8 Å². The molecule has 0 radical (unpaired) electrons. The fourth-order valence-corrected chi connectivity index (χ4v) is 6.68. The van der Waals surface area contributed by atoms with Gasteiger partial charge in [-0.2, -0.15) is 0 Å². The van der Waals surface area contributed by atoms with Crippen LogP contribution in [0.5, 0.6) is 0 Å². The highest BCUT2D eigenvalue weighted by Crippen LogP contribution is 2.39. The third-order valence-electron chi connectivity index (χ3n) is 9.43. The van der Waals surface area contributed by atoms with Crippen molar-refractivity contribution in [2.24, 2.45) is 0 Å². The van der Waals surface area contributed by atoms with E-state index >= 15 is 0 Å². The Morgan fingerprint density at radius 3 is 2.25 bits per heavy atom. The van der Waals surface area contributed by atoms with Gasteiger partial charge in [0.25, 0.3) is 0 Å². The quantitative estimate of drug-likeness (QED) is 0.0792. The van der Waals surface area contributed by atoms with E-state index < -0.39 is 6.29 Å². The molecule has 3 aromatic carbocycles. The van der Waals surface area contributed by atoms with Crippen molar-refractivity contribution in [1.82, 2.24) is 15.7 Å². The molecule has 0 bridgehead atoms. The van der Waals surface area contributed by atoms with E-state index in [9.17, 15) is 19.8 Å². The Morgan fingerprint density at radius 1 is 0.833 bits per heavy atom. The molecule has 258 valence electrons. The summed E-state index contributed by atoms with van der Waals surface area (Å²) in [6.45, 7) is 2.26. The molecule has 10 heteroatoms. The molecule has 2 heterocycles. The van der Waals surface area contributed by atoms with Gasteiger partial charge in [0.15, 0.2) is 6.29 Å². The molecule has 48 heavy (non-hydrogen) atoms. The number of hydroxylamine groups is 1. The number of benzene rings is 3. The first-order valence-corrected chi connectivity index (χ1v) is 17.2. The van der Waals surface area contributed by atoms with E-state index in [1.807, 2.05) is 54.6 Å². The van der Waals surface area contributed by atoms with Gasteiger partial charge in [-0.1, -0.05) is 85.6 Å². The number of unbranched alkanes of at least 4 members (excludes halogenated alkanes) is 3. The number of nitrogens with one attached hydrogen (secondary N) is 2. The monoisotopic (exact) mass is 659 g/mol. The number of hydrogen-bond acceptors (Lipinski definition) is 8. The molecule has 2 amide bonds. The third kappa shape index (κ3) is 9.95. The lowest BCUT2D eigenvalue weighted by Crippen LogP contribution is -2.42. The van der Waals surface area contributed by atoms with Crippen molar-refractivity contribution in [2.45, 2.75) is 95.5 Å². The summed E-state index contributed by atoms with van der Waals surface area (Å²) in [5.41, 5.74) is 7.56. The van der Waals surface area contributed by atoms with Gasteiger partial charge in [0, 0.05) is 44.0 Å². The minimum atomic E-state index is -0.558. The van der Waals surface area contributed by atoms with Crippen LogP contribution in [0.15, 0.2) is 72.8 Å². The van der Waals surface area contributed by atoms with Gasteiger partial charge in [-0.05, 0) is 60.0 Å². The SMILES string of the molecule is O=C(CCCCCCC(=O)NCc1ccccc1-c1ccc([C@H]2O[C@@H](CN3CCC[C@H]3CO)C[C@@H](c3ccc(CO)cc3)O2)cc1)NO. The first-order valence-electron chi connectivity index (χ1n) is 17.2. The Labute approximate surface area is 283 Å². The molecular formula is C38H49N3O7. The zero-order chi connectivity index (χ0) is 33.7. The molecule has 2 fully saturated rings. The Kier molecular flexibility index (Phi) is 13.5. The van der Waals surface area contributed by atoms with Gasteiger partial charge in [-0.15, -0.1) is 0 Å². The number of carbonyl (C=O) groups is 2. The number of ether oxygens (including phenoxy) is 2. The number of carbonyl (C=O) groups excluding carboxylic acids is 2. The molecule has 0 unspecified atom stereocenters. The zero-order valence-electron chi connectivity index (χ0n) is 27.6. The predicted molar refractivity (Wildman–Crippen MR) is 181 cm³/mol. The molecule has 10 nitrogen and oxygen atoms in total. The van der Waals surface area contributed by atoms with Crippen molar-refractivity contribution in [1.29, 1.82) is 0 Å². The van der Waals surface area contributed by atoms with Gasteiger partial charge in [0.2, 0.25) is 11.8 Å². The summed E-state index contributed by atoms with van der Waals surface area (Å²) in [6.07, 6.45) is 5.79. The summed E-state index contributed by atoms with van der Waals surface area (Å²) in [4.78, 5) is 26.0. The van der Waals surface area contributed by atoms with Crippen molar-refractivity contribution in [3.63, 3.8) is 0 Å². The van der Waals surface area contributed by atoms with Crippen LogP contribution in [-0.4, -0.2) is 64.0 Å². The summed E-state index contributed by atoms with van der Waals surface area (Å²) >= 11 is 0. The topological polar surface area (TPSA) is 141 Å². The summed E-state index contributed by atoms with van der Waals surface area (Å²) in [7, 11) is 0. The molecule has 0 saturated carbocycles. The first kappa shape index (κ1) is 35.7. The van der Waals surface area contributed by atoms with E-state index in [2.05, 4.69) is 28.4 Å². The number of amides is 2. The van der Waals surface area contributed by atoms with Gasteiger partial charge >= 0.3 is 0 Å². The van der Waals surface area contributed by atoms with Crippen molar-refractivity contribution in [2.75, 3.05) is 19.7 Å². The van der Waals surface area contributed by atoms with Gasteiger partial charge in [-0.25, -0.2) is 5.48 Å². The molecule has 2 saturated heterocycles. The highest BCUT2D eigenvalue weighted by Gasteiger charge is 2.35. The van der Waals surface area contributed by atoms with Crippen LogP contribution in [0.3, 0.4) is 0 Å². The van der Waals surface area contributed by atoms with Crippen LogP contribution < -0.4 is 10.8 Å². The highest BCUT2D eigenvalue weighted by atomic mass is 16.7. The van der Waals surface area contributed by atoms with Crippen LogP contribution in [0.4, 0.5) is 0 Å². The minimum absolute atomic E-state index is 0.00393. The van der Waals surface area contributed by atoms with Crippen molar-refractivity contribution < 1.29 is 34.5 Å². The van der Waals surface area contributed by atoms with E-state index in [-0.39, 0.29) is 49.7 Å². The smallest absolute Gasteiger partial charge is 0.243 e. The van der Waals surface area contributed by atoms with Crippen molar-refractivity contribution in [3.05, 3.63) is 95.1 Å². The number of aliphatic hydroxyl groups excluding tert-OH is 2. The fourth-order valence-electron chi connectivity index (χ4n) is 6.68. The number of hydrogen-bond donors (Lipinski definition) is 5. The molecule has 4 atom stereocenters. The Bertz CT molecular complexity index is 1450. The maximum absolute atomic E-state index is 12.5. The van der Waals surface area contributed by atoms with Crippen LogP contribution in [0.2, 0.25) is 0 Å². The molecule has 5 rings (SSSR count). The number of rotatable bonds is 16. The maximum Gasteiger partial charge on any atom is 0.243 e. The highest BCUT2D eigenvalue weighted by molar-refractivity contribution is 5.76. The molecule has 2 aliphatic heterocycles. The normalized spacial score (nSPS) is 21.2. The molecule has 3 aromatic rings. The van der Waals surface area contributed by atoms with Crippen LogP contribution in [-0.2, 0) is 32.2 Å². The Balaban J connectivity index is 1.21. The van der Waals surface area contributed by atoms with Crippen molar-refractivity contribution in [3.8, 4) is 11.1 Å². The van der Waals surface area contributed by atoms with E-state index in [1.54, 1.807) is 5.48 Å². The van der Waals surface area contributed by atoms with Crippen LogP contribution in [0.25, 0.3) is 11.1 Å². The van der Waals surface area contributed by atoms with E-state index in [1.165, 1.54) is 0 Å².